The van der Waals surface area contributed by atoms with Crippen LogP contribution in [-0.2, 0) is 11.2 Å². The van der Waals surface area contributed by atoms with Gasteiger partial charge in [-0.3, -0.25) is 14.6 Å². The smallest absolute Gasteiger partial charge is 0.254 e. The fourth-order valence-corrected chi connectivity index (χ4v) is 1.41. The summed E-state index contributed by atoms with van der Waals surface area (Å²) < 4.78 is 1.42. The molecule has 7 heteroatoms. The van der Waals surface area contributed by atoms with E-state index in [1.807, 2.05) is 6.92 Å². The molecule has 0 aromatic carbocycles. The van der Waals surface area contributed by atoms with E-state index < -0.39 is 0 Å². The van der Waals surface area contributed by atoms with E-state index in [1.54, 1.807) is 6.92 Å². The summed E-state index contributed by atoms with van der Waals surface area (Å²) in [5.41, 5.74) is -0.320. The fourth-order valence-electron chi connectivity index (χ4n) is 1.41. The predicted octanol–water partition coefficient (Wildman–Crippen LogP) is 0.328. The zero-order valence-corrected chi connectivity index (χ0v) is 9.65. The number of anilines is 1. The number of nitrogens with one attached hydrogen (secondary N) is 2. The summed E-state index contributed by atoms with van der Waals surface area (Å²) >= 11 is 0. The molecule has 0 saturated heterocycles. The van der Waals surface area contributed by atoms with Crippen LogP contribution in [-0.4, -0.2) is 25.5 Å². The molecule has 2 aromatic rings. The number of H-pyrrole nitrogens is 1. The molecule has 0 bridgehead atoms. The van der Waals surface area contributed by atoms with Gasteiger partial charge in [-0.15, -0.1) is 5.10 Å². The first kappa shape index (κ1) is 11.3. The van der Waals surface area contributed by atoms with Gasteiger partial charge in [0.2, 0.25) is 11.7 Å². The van der Waals surface area contributed by atoms with Crippen LogP contribution in [0.5, 0.6) is 0 Å². The summed E-state index contributed by atoms with van der Waals surface area (Å²) in [7, 11) is 0. The van der Waals surface area contributed by atoms with Crippen LogP contribution >= 0.6 is 0 Å². The van der Waals surface area contributed by atoms with Crippen molar-refractivity contribution < 1.29 is 4.79 Å². The standard InChI is InChI=1S/C10H13N5O2/c1-3-6-11-10-13-9(17)5-7(15(10)14-6)12-8(16)4-2/h5H,3-4H2,1-2H3,(H,12,16)(H,11,13,14,17). The van der Waals surface area contributed by atoms with Gasteiger partial charge in [0.25, 0.3) is 5.56 Å². The van der Waals surface area contributed by atoms with Crippen molar-refractivity contribution in [3.05, 3.63) is 22.2 Å². The monoisotopic (exact) mass is 235 g/mol. The molecule has 2 heterocycles. The van der Waals surface area contributed by atoms with E-state index in [0.29, 0.717) is 30.3 Å². The largest absolute Gasteiger partial charge is 0.310 e. The Kier molecular flexibility index (Phi) is 2.90. The first-order valence-electron chi connectivity index (χ1n) is 5.42. The summed E-state index contributed by atoms with van der Waals surface area (Å²) in [4.78, 5) is 29.4. The van der Waals surface area contributed by atoms with E-state index in [9.17, 15) is 9.59 Å². The highest BCUT2D eigenvalue weighted by atomic mass is 16.1. The average molecular weight is 235 g/mol. The van der Waals surface area contributed by atoms with Gasteiger partial charge in [0.15, 0.2) is 5.82 Å². The Bertz CT molecular complexity index is 613. The lowest BCUT2D eigenvalue weighted by molar-refractivity contribution is -0.115. The van der Waals surface area contributed by atoms with Gasteiger partial charge < -0.3 is 5.32 Å². The first-order chi connectivity index (χ1) is 8.13. The number of aryl methyl sites for hydroxylation is 1. The molecule has 90 valence electrons. The summed E-state index contributed by atoms with van der Waals surface area (Å²) in [6.07, 6.45) is 0.995. The number of rotatable bonds is 3. The zero-order valence-electron chi connectivity index (χ0n) is 9.65. The quantitative estimate of drug-likeness (QED) is 0.801. The third-order valence-corrected chi connectivity index (χ3v) is 2.29. The van der Waals surface area contributed by atoms with Crippen molar-refractivity contribution in [3.8, 4) is 0 Å². The predicted molar refractivity (Wildman–Crippen MR) is 61.9 cm³/mol. The number of fused-ring (bicyclic) bond motifs is 1. The van der Waals surface area contributed by atoms with Crippen molar-refractivity contribution >= 4 is 17.5 Å². The van der Waals surface area contributed by atoms with E-state index in [2.05, 4.69) is 20.4 Å². The average Bonchev–Trinajstić information content (AvgIpc) is 2.71. The number of amides is 1. The van der Waals surface area contributed by atoms with Crippen LogP contribution in [0.15, 0.2) is 10.9 Å². The molecule has 0 saturated carbocycles. The Hall–Kier alpha value is -2.18. The topological polar surface area (TPSA) is 92.1 Å². The van der Waals surface area contributed by atoms with Crippen LogP contribution in [0, 0.1) is 0 Å². The van der Waals surface area contributed by atoms with Crippen molar-refractivity contribution in [2.75, 3.05) is 5.32 Å². The molecule has 0 fully saturated rings. The van der Waals surface area contributed by atoms with Crippen LogP contribution in [0.2, 0.25) is 0 Å². The van der Waals surface area contributed by atoms with Gasteiger partial charge in [-0.05, 0) is 0 Å². The van der Waals surface area contributed by atoms with E-state index in [-0.39, 0.29) is 11.5 Å². The molecule has 0 unspecified atom stereocenters. The Morgan fingerprint density at radius 1 is 1.53 bits per heavy atom. The second-order valence-electron chi connectivity index (χ2n) is 3.54. The Labute approximate surface area is 96.9 Å². The third-order valence-electron chi connectivity index (χ3n) is 2.29. The third kappa shape index (κ3) is 2.17. The van der Waals surface area contributed by atoms with Crippen molar-refractivity contribution in [1.29, 1.82) is 0 Å². The van der Waals surface area contributed by atoms with E-state index in [0.717, 1.165) is 0 Å². The maximum absolute atomic E-state index is 11.4. The van der Waals surface area contributed by atoms with E-state index in [4.69, 9.17) is 0 Å². The molecular weight excluding hydrogens is 222 g/mol. The van der Waals surface area contributed by atoms with Gasteiger partial charge in [-0.25, -0.2) is 0 Å². The van der Waals surface area contributed by atoms with E-state index in [1.165, 1.54) is 10.6 Å². The van der Waals surface area contributed by atoms with Gasteiger partial charge in [0, 0.05) is 18.9 Å². The highest BCUT2D eigenvalue weighted by Crippen LogP contribution is 2.06. The molecule has 0 aliphatic heterocycles. The number of aromatic nitrogens is 4. The van der Waals surface area contributed by atoms with Crippen LogP contribution in [0.3, 0.4) is 0 Å². The SMILES string of the molecule is CCC(=O)Nc1cc(=O)[nH]c2nc(CC)nn12. The molecule has 7 nitrogen and oxygen atoms in total. The maximum atomic E-state index is 11.4. The van der Waals surface area contributed by atoms with Gasteiger partial charge in [-0.1, -0.05) is 13.8 Å². The van der Waals surface area contributed by atoms with Gasteiger partial charge in [0.1, 0.15) is 5.82 Å². The summed E-state index contributed by atoms with van der Waals surface area (Å²) in [6.45, 7) is 3.65. The summed E-state index contributed by atoms with van der Waals surface area (Å²) in [5, 5.41) is 6.79. The lowest BCUT2D eigenvalue weighted by Gasteiger charge is -2.03. The van der Waals surface area contributed by atoms with Gasteiger partial charge in [-0.2, -0.15) is 9.50 Å². The van der Waals surface area contributed by atoms with Crippen LogP contribution in [0.4, 0.5) is 5.82 Å². The van der Waals surface area contributed by atoms with Gasteiger partial charge in [0.05, 0.1) is 0 Å². The fraction of sp³-hybridized carbons (Fsp3) is 0.400. The first-order valence-corrected chi connectivity index (χ1v) is 5.42. The molecule has 0 spiro atoms. The molecule has 0 aliphatic carbocycles. The lowest BCUT2D eigenvalue weighted by Crippen LogP contribution is -2.17. The minimum atomic E-state index is -0.320. The molecule has 2 aromatic heterocycles. The number of hydrogen-bond donors (Lipinski definition) is 2. The summed E-state index contributed by atoms with van der Waals surface area (Å²) in [5.74, 6) is 1.10. The Balaban J connectivity index is 2.56. The second kappa shape index (κ2) is 4.36. The van der Waals surface area contributed by atoms with Crippen molar-refractivity contribution in [2.24, 2.45) is 0 Å². The Morgan fingerprint density at radius 3 is 2.94 bits per heavy atom. The maximum Gasteiger partial charge on any atom is 0.254 e. The highest BCUT2D eigenvalue weighted by Gasteiger charge is 2.09. The molecule has 1 amide bonds. The second-order valence-corrected chi connectivity index (χ2v) is 3.54. The molecule has 2 rings (SSSR count). The molecule has 2 N–H and O–H groups in total. The minimum Gasteiger partial charge on any atom is -0.310 e. The van der Waals surface area contributed by atoms with Crippen molar-refractivity contribution in [3.63, 3.8) is 0 Å². The number of aromatic amines is 1. The minimum absolute atomic E-state index is 0.176. The molecule has 17 heavy (non-hydrogen) atoms. The molecular formula is C10H13N5O2. The lowest BCUT2D eigenvalue weighted by atomic mass is 10.4. The van der Waals surface area contributed by atoms with Crippen molar-refractivity contribution in [2.45, 2.75) is 26.7 Å². The molecule has 0 aliphatic rings. The number of carbonyl (C=O) groups is 1. The van der Waals surface area contributed by atoms with Gasteiger partial charge >= 0.3 is 0 Å². The number of hydrogen-bond acceptors (Lipinski definition) is 4. The highest BCUT2D eigenvalue weighted by molar-refractivity contribution is 5.89. The van der Waals surface area contributed by atoms with E-state index >= 15 is 0 Å². The molecule has 0 atom stereocenters. The Morgan fingerprint density at radius 2 is 2.29 bits per heavy atom. The zero-order chi connectivity index (χ0) is 12.4. The number of carbonyl (C=O) groups excluding carboxylic acids is 1. The normalized spacial score (nSPS) is 10.7. The van der Waals surface area contributed by atoms with Crippen LogP contribution in [0.1, 0.15) is 26.1 Å². The molecule has 0 radical (unpaired) electrons. The number of nitrogens with zero attached hydrogens (tertiary/aromatic N) is 3. The van der Waals surface area contributed by atoms with Crippen molar-refractivity contribution in [1.82, 2.24) is 19.6 Å². The summed E-state index contributed by atoms with van der Waals surface area (Å²) in [6, 6.07) is 1.29. The van der Waals surface area contributed by atoms with Crippen LogP contribution in [0.25, 0.3) is 5.78 Å². The van der Waals surface area contributed by atoms with Crippen LogP contribution < -0.4 is 10.9 Å².